The normalized spacial score (nSPS) is 11.4. The van der Waals surface area contributed by atoms with Gasteiger partial charge in [0.25, 0.3) is 0 Å². The second kappa shape index (κ2) is 3.88. The van der Waals surface area contributed by atoms with Gasteiger partial charge in [0.2, 0.25) is 0 Å². The van der Waals surface area contributed by atoms with E-state index in [2.05, 4.69) is 20.9 Å². The molecule has 2 rings (SSSR count). The lowest BCUT2D eigenvalue weighted by Gasteiger charge is -2.09. The predicted octanol–water partition coefficient (Wildman–Crippen LogP) is 2.78. The Morgan fingerprint density at radius 2 is 2.12 bits per heavy atom. The Labute approximate surface area is 88.9 Å². The van der Waals surface area contributed by atoms with Crippen LogP contribution in [-0.2, 0) is 0 Å². The Balaban J connectivity index is 2.27. The lowest BCUT2D eigenvalue weighted by Crippen LogP contribution is -2.17. The molecule has 0 atom stereocenters. The number of rotatable bonds is 2. The predicted molar refractivity (Wildman–Crippen MR) is 49.5 cm³/mol. The van der Waals surface area contributed by atoms with Gasteiger partial charge in [-0.1, -0.05) is 12.1 Å². The monoisotopic (exact) mass is 227 g/mol. The van der Waals surface area contributed by atoms with Crippen LogP contribution in [0, 0.1) is 6.20 Å². The van der Waals surface area contributed by atoms with Gasteiger partial charge in [-0.3, -0.25) is 0 Å². The highest BCUT2D eigenvalue weighted by molar-refractivity contribution is 5.57. The van der Waals surface area contributed by atoms with Crippen LogP contribution in [0.1, 0.15) is 0 Å². The zero-order chi connectivity index (χ0) is 11.6. The van der Waals surface area contributed by atoms with Crippen molar-refractivity contribution in [2.24, 2.45) is 0 Å². The summed E-state index contributed by atoms with van der Waals surface area (Å²) in [5.74, 6) is 0.161. The number of imidazole rings is 1. The highest BCUT2D eigenvalue weighted by Crippen LogP contribution is 2.26. The number of hydrogen-bond donors (Lipinski definition) is 1. The third-order valence-corrected chi connectivity index (χ3v) is 1.79. The molecule has 0 bridgehead atoms. The second-order valence-electron chi connectivity index (χ2n) is 2.95. The van der Waals surface area contributed by atoms with E-state index in [1.165, 1.54) is 24.4 Å². The molecule has 6 heteroatoms. The molecule has 3 nitrogen and oxygen atoms in total. The topological polar surface area (TPSA) is 37.9 Å². The van der Waals surface area contributed by atoms with Crippen LogP contribution in [0.4, 0.5) is 13.2 Å². The van der Waals surface area contributed by atoms with Gasteiger partial charge in [0, 0.05) is 11.8 Å². The highest BCUT2D eigenvalue weighted by Gasteiger charge is 2.31. The Bertz CT molecular complexity index is 465. The van der Waals surface area contributed by atoms with Crippen LogP contribution >= 0.6 is 0 Å². The van der Waals surface area contributed by atoms with Crippen molar-refractivity contribution in [2.75, 3.05) is 0 Å². The summed E-state index contributed by atoms with van der Waals surface area (Å²) in [4.78, 5) is 6.55. The molecule has 0 spiro atoms. The molecule has 0 saturated carbocycles. The third-order valence-electron chi connectivity index (χ3n) is 1.79. The van der Waals surface area contributed by atoms with Gasteiger partial charge in [0.15, 0.2) is 0 Å². The Hall–Kier alpha value is -1.98. The summed E-state index contributed by atoms with van der Waals surface area (Å²) >= 11 is 0. The summed E-state index contributed by atoms with van der Waals surface area (Å²) in [5.41, 5.74) is 0.503. The maximum atomic E-state index is 12.0. The summed E-state index contributed by atoms with van der Waals surface area (Å²) in [6, 6.07) is 5.55. The van der Waals surface area contributed by atoms with E-state index in [0.717, 1.165) is 0 Å². The van der Waals surface area contributed by atoms with Crippen LogP contribution in [0.3, 0.4) is 0 Å². The summed E-state index contributed by atoms with van der Waals surface area (Å²) in [7, 11) is 0. The van der Waals surface area contributed by atoms with Gasteiger partial charge in [-0.15, -0.1) is 13.2 Å². The lowest BCUT2D eigenvalue weighted by molar-refractivity contribution is -0.274. The minimum absolute atomic E-state index is 0.276. The first-order valence-electron chi connectivity index (χ1n) is 4.32. The standard InChI is InChI=1S/C10H6F3N2O/c11-10(12,13)16-8-3-1-2-7(6-8)9-14-4-5-15-9/h1-4,6H,(H,14,15). The van der Waals surface area contributed by atoms with E-state index in [1.807, 2.05) is 0 Å². The molecule has 1 aromatic carbocycles. The zero-order valence-electron chi connectivity index (χ0n) is 7.88. The molecule has 1 N–H and O–H groups in total. The zero-order valence-corrected chi connectivity index (χ0v) is 7.88. The fourth-order valence-electron chi connectivity index (χ4n) is 1.22. The average Bonchev–Trinajstić information content (AvgIpc) is 2.68. The summed E-state index contributed by atoms with van der Waals surface area (Å²) in [6.07, 6.45) is -0.694. The van der Waals surface area contributed by atoms with Crippen molar-refractivity contribution >= 4 is 0 Å². The van der Waals surface area contributed by atoms with Gasteiger partial charge in [-0.2, -0.15) is 0 Å². The van der Waals surface area contributed by atoms with Crippen molar-refractivity contribution < 1.29 is 17.9 Å². The number of aromatic amines is 1. The van der Waals surface area contributed by atoms with Gasteiger partial charge in [0.1, 0.15) is 17.8 Å². The molecule has 0 aliphatic heterocycles. The van der Waals surface area contributed by atoms with Crippen molar-refractivity contribution in [2.45, 2.75) is 6.36 Å². The fourth-order valence-corrected chi connectivity index (χ4v) is 1.22. The molecule has 0 amide bonds. The largest absolute Gasteiger partial charge is 0.573 e. The van der Waals surface area contributed by atoms with Crippen LogP contribution in [0.25, 0.3) is 11.4 Å². The van der Waals surface area contributed by atoms with Gasteiger partial charge in [-0.05, 0) is 12.1 Å². The molecule has 0 unspecified atom stereocenters. The second-order valence-corrected chi connectivity index (χ2v) is 2.95. The summed E-state index contributed by atoms with van der Waals surface area (Å²) < 4.78 is 39.7. The minimum atomic E-state index is -4.69. The van der Waals surface area contributed by atoms with Gasteiger partial charge < -0.3 is 9.72 Å². The van der Waals surface area contributed by atoms with Gasteiger partial charge >= 0.3 is 6.36 Å². The number of halogens is 3. The number of H-pyrrole nitrogens is 1. The molecule has 0 saturated heterocycles. The third kappa shape index (κ3) is 2.53. The van der Waals surface area contributed by atoms with Crippen LogP contribution in [0.2, 0.25) is 0 Å². The number of hydrogen-bond acceptors (Lipinski definition) is 2. The molecule has 0 aliphatic rings. The van der Waals surface area contributed by atoms with Crippen LogP contribution in [0.5, 0.6) is 5.75 Å². The van der Waals surface area contributed by atoms with E-state index in [9.17, 15) is 13.2 Å². The van der Waals surface area contributed by atoms with Crippen LogP contribution in [-0.4, -0.2) is 16.3 Å². The first kappa shape index (κ1) is 10.5. The quantitative estimate of drug-likeness (QED) is 0.856. The number of nitrogens with one attached hydrogen (secondary N) is 1. The summed E-state index contributed by atoms with van der Waals surface area (Å²) in [5, 5.41) is 0. The molecule has 1 radical (unpaired) electrons. The average molecular weight is 227 g/mol. The van der Waals surface area contributed by atoms with E-state index < -0.39 is 6.36 Å². The highest BCUT2D eigenvalue weighted by atomic mass is 19.4. The van der Waals surface area contributed by atoms with Crippen molar-refractivity contribution in [3.8, 4) is 17.1 Å². The SMILES string of the molecule is FC(F)(F)Oc1cccc(-c2n[c]c[nH]2)c1. The van der Waals surface area contributed by atoms with Crippen molar-refractivity contribution in [1.29, 1.82) is 0 Å². The van der Waals surface area contributed by atoms with Gasteiger partial charge in [0.05, 0.1) is 0 Å². The first-order valence-corrected chi connectivity index (χ1v) is 4.32. The smallest absolute Gasteiger partial charge is 0.406 e. The Kier molecular flexibility index (Phi) is 2.55. The number of ether oxygens (including phenoxy) is 1. The Morgan fingerprint density at radius 3 is 2.75 bits per heavy atom. The van der Waals surface area contributed by atoms with E-state index in [0.29, 0.717) is 11.4 Å². The van der Waals surface area contributed by atoms with Crippen LogP contribution < -0.4 is 4.74 Å². The van der Waals surface area contributed by atoms with E-state index in [4.69, 9.17) is 0 Å². The molecule has 2 aromatic rings. The molecule has 16 heavy (non-hydrogen) atoms. The van der Waals surface area contributed by atoms with Gasteiger partial charge in [-0.25, -0.2) is 4.98 Å². The minimum Gasteiger partial charge on any atom is -0.406 e. The first-order chi connectivity index (χ1) is 7.54. The number of benzene rings is 1. The molecular weight excluding hydrogens is 221 g/mol. The summed E-state index contributed by atoms with van der Waals surface area (Å²) in [6.45, 7) is 0. The van der Waals surface area contributed by atoms with Crippen molar-refractivity contribution in [3.05, 3.63) is 36.7 Å². The van der Waals surface area contributed by atoms with Crippen molar-refractivity contribution in [3.63, 3.8) is 0 Å². The fraction of sp³-hybridized carbons (Fsp3) is 0.100. The molecule has 83 valence electrons. The van der Waals surface area contributed by atoms with Crippen LogP contribution in [0.15, 0.2) is 30.5 Å². The van der Waals surface area contributed by atoms with E-state index in [1.54, 1.807) is 6.07 Å². The van der Waals surface area contributed by atoms with E-state index >= 15 is 0 Å². The van der Waals surface area contributed by atoms with Crippen molar-refractivity contribution in [1.82, 2.24) is 9.97 Å². The molecule has 0 fully saturated rings. The molecule has 1 aromatic heterocycles. The molecular formula is C10H6F3N2O. The Morgan fingerprint density at radius 1 is 1.31 bits per heavy atom. The lowest BCUT2D eigenvalue weighted by atomic mass is 10.2. The molecule has 0 aliphatic carbocycles. The number of aromatic nitrogens is 2. The maximum absolute atomic E-state index is 12.0. The molecule has 1 heterocycles. The maximum Gasteiger partial charge on any atom is 0.573 e. The number of nitrogens with zero attached hydrogens (tertiary/aromatic N) is 1. The van der Waals surface area contributed by atoms with E-state index in [-0.39, 0.29) is 5.75 Å². The number of alkyl halides is 3.